The molecule has 3 aliphatic heterocycles. The highest BCUT2D eigenvalue weighted by atomic mass is 32.2. The summed E-state index contributed by atoms with van der Waals surface area (Å²) in [7, 11) is -6.48. The van der Waals surface area contributed by atoms with E-state index in [1.54, 1.807) is 0 Å². The fourth-order valence-corrected chi connectivity index (χ4v) is 6.55. The fourth-order valence-electron chi connectivity index (χ4n) is 6.05. The van der Waals surface area contributed by atoms with E-state index in [2.05, 4.69) is 38.0 Å². The summed E-state index contributed by atoms with van der Waals surface area (Å²) in [6, 6.07) is 0. The molecule has 0 aromatic carbocycles. The van der Waals surface area contributed by atoms with Gasteiger partial charge in [-0.05, 0) is 138 Å². The van der Waals surface area contributed by atoms with Gasteiger partial charge in [0.1, 0.15) is 5.76 Å². The summed E-state index contributed by atoms with van der Waals surface area (Å²) in [5.41, 5.74) is -5.77. The maximum atomic E-state index is 11.9. The van der Waals surface area contributed by atoms with Gasteiger partial charge in [0, 0.05) is 6.42 Å². The molecule has 4 unspecified atom stereocenters. The molecule has 16 heteroatoms. The third kappa shape index (κ3) is 7.40. The van der Waals surface area contributed by atoms with Crippen molar-refractivity contribution in [2.45, 2.75) is 148 Å². The molecule has 7 aliphatic rings. The fraction of sp³-hybridized carbons (Fsp3) is 0.871. The second kappa shape index (κ2) is 11.5. The molecule has 0 N–H and O–H groups in total. The predicted octanol–water partition coefficient (Wildman–Crippen LogP) is 6.61. The molecule has 3 heterocycles. The van der Waals surface area contributed by atoms with E-state index in [0.29, 0.717) is 12.3 Å². The van der Waals surface area contributed by atoms with Gasteiger partial charge in [-0.2, -0.15) is 21.6 Å². The summed E-state index contributed by atoms with van der Waals surface area (Å²) in [5.74, 6) is 2.23. The number of hydrogen-bond acceptors (Lipinski definition) is 9. The minimum absolute atomic E-state index is 0.0661. The smallest absolute Gasteiger partial charge is 0.405 e. The first-order valence-electron chi connectivity index (χ1n) is 16.6. The molecule has 7 rings (SSSR count). The minimum atomic E-state index is -5.45. The summed E-state index contributed by atoms with van der Waals surface area (Å²) < 4.78 is 96.5. The first-order chi connectivity index (χ1) is 21.1. The molecular weight excluding hydrogens is 638 g/mol. The zero-order chi connectivity index (χ0) is 35.4. The van der Waals surface area contributed by atoms with Gasteiger partial charge >= 0.3 is 36.8 Å². The molecule has 3 saturated heterocycles. The van der Waals surface area contributed by atoms with Crippen molar-refractivity contribution >= 4 is 31.3 Å². The maximum Gasteiger partial charge on any atom is 0.534 e. The van der Waals surface area contributed by atoms with Crippen LogP contribution in [-0.4, -0.2) is 68.7 Å². The lowest BCUT2D eigenvalue weighted by atomic mass is 9.49. The Bertz CT molecular complexity index is 1330. The van der Waals surface area contributed by atoms with E-state index >= 15 is 0 Å². The van der Waals surface area contributed by atoms with Crippen LogP contribution in [0.15, 0.2) is 23.4 Å². The monoisotopic (exact) mass is 688 g/mol. The first-order valence-corrected chi connectivity index (χ1v) is 18.0. The molecule has 2 saturated carbocycles. The molecule has 9 nitrogen and oxygen atoms in total. The highest BCUT2D eigenvalue weighted by Crippen LogP contribution is 2.53. The van der Waals surface area contributed by atoms with Crippen molar-refractivity contribution in [3.63, 3.8) is 0 Å². The normalized spacial score (nSPS) is 34.3. The lowest BCUT2D eigenvalue weighted by Crippen LogP contribution is -2.41. The molecule has 4 atom stereocenters. The molecule has 264 valence electrons. The molecule has 4 aliphatic carbocycles. The van der Waals surface area contributed by atoms with Crippen LogP contribution in [-0.2, 0) is 42.2 Å². The second-order valence-corrected chi connectivity index (χ2v) is 18.5. The highest BCUT2D eigenvalue weighted by molar-refractivity contribution is 7.87. The van der Waals surface area contributed by atoms with E-state index < -0.39 is 29.6 Å². The summed E-state index contributed by atoms with van der Waals surface area (Å²) in [4.78, 5) is 0. The molecule has 5 fully saturated rings. The number of hydrogen-bond donors (Lipinski definition) is 0. The Morgan fingerprint density at radius 1 is 0.638 bits per heavy atom. The van der Waals surface area contributed by atoms with Crippen molar-refractivity contribution in [2.75, 3.05) is 0 Å². The van der Waals surface area contributed by atoms with Crippen LogP contribution in [0.3, 0.4) is 0 Å². The Labute approximate surface area is 279 Å². The van der Waals surface area contributed by atoms with Crippen molar-refractivity contribution in [3.05, 3.63) is 23.4 Å². The molecule has 0 aromatic rings. The third-order valence-electron chi connectivity index (χ3n) is 11.6. The van der Waals surface area contributed by atoms with Crippen LogP contribution >= 0.6 is 0 Å². The molecule has 0 spiro atoms. The summed E-state index contributed by atoms with van der Waals surface area (Å²) in [6.45, 7) is 24.7. The molecule has 0 aromatic heterocycles. The first kappa shape index (κ1) is 37.2. The van der Waals surface area contributed by atoms with Gasteiger partial charge in [0.25, 0.3) is 0 Å². The van der Waals surface area contributed by atoms with E-state index in [1.807, 2.05) is 55.4 Å². The minimum Gasteiger partial charge on any atom is -0.405 e. The van der Waals surface area contributed by atoms with Crippen LogP contribution in [0.2, 0.25) is 0 Å². The SMILES string of the molecule is CC1(C)OB(B2OC(C)(C)C(C)(C)O2)OC1(C)C.CC1(C)OB(C2=CC3CC3C2)OC1(C)C.O=S(=O)(OC1=CC2CC2C1)C(F)(F)F. The number of halogens is 3. The number of rotatable bonds is 4. The van der Waals surface area contributed by atoms with Gasteiger partial charge in [0.2, 0.25) is 0 Å². The summed E-state index contributed by atoms with van der Waals surface area (Å²) in [6.07, 6.45) is 7.67. The molecule has 0 bridgehead atoms. The Morgan fingerprint density at radius 3 is 1.32 bits per heavy atom. The van der Waals surface area contributed by atoms with Gasteiger partial charge in [0.15, 0.2) is 0 Å². The quantitative estimate of drug-likeness (QED) is 0.184. The van der Waals surface area contributed by atoms with E-state index in [9.17, 15) is 21.6 Å². The van der Waals surface area contributed by atoms with E-state index in [0.717, 1.165) is 18.3 Å². The van der Waals surface area contributed by atoms with Crippen molar-refractivity contribution < 1.29 is 53.7 Å². The van der Waals surface area contributed by atoms with Crippen molar-refractivity contribution in [2.24, 2.45) is 23.7 Å². The zero-order valence-electron chi connectivity index (χ0n) is 29.7. The van der Waals surface area contributed by atoms with Gasteiger partial charge in [-0.1, -0.05) is 6.08 Å². The lowest BCUT2D eigenvalue weighted by Gasteiger charge is -2.32. The molecule has 0 amide bonds. The largest absolute Gasteiger partial charge is 0.534 e. The van der Waals surface area contributed by atoms with Crippen LogP contribution < -0.4 is 0 Å². The van der Waals surface area contributed by atoms with E-state index in [-0.39, 0.29) is 52.4 Å². The Balaban J connectivity index is 0.000000139. The highest BCUT2D eigenvalue weighted by Gasteiger charge is 2.64. The predicted molar refractivity (Wildman–Crippen MR) is 173 cm³/mol. The average molecular weight is 688 g/mol. The number of alkyl halides is 3. The zero-order valence-corrected chi connectivity index (χ0v) is 30.6. The third-order valence-corrected chi connectivity index (χ3v) is 12.6. The Hall–Kier alpha value is -1.03. The standard InChI is InChI=1S/C12H24B2O4.C12H19BO2.C7H7F3O3S/c1-9(2)10(3,4)16-13(15-9)14-17-11(5,6)12(7,8)18-14;1-11(2)12(3,4)15-13(14-11)10-6-8-5-9(8)7-10;8-7(9,10)14(11,12)13-6-2-4-1-5(4)3-6/h1-8H3;6,8-9H,5,7H2,1-4H3;2,4-5H,1,3H2. The van der Waals surface area contributed by atoms with Gasteiger partial charge in [0.05, 0.1) is 33.6 Å². The van der Waals surface area contributed by atoms with Crippen LogP contribution in [0.5, 0.6) is 0 Å². The molecular formula is C31H50B3F3O9S. The number of fused-ring (bicyclic) bond motifs is 2. The van der Waals surface area contributed by atoms with Gasteiger partial charge in [-0.15, -0.1) is 0 Å². The summed E-state index contributed by atoms with van der Waals surface area (Å²) >= 11 is 0. The van der Waals surface area contributed by atoms with Crippen molar-refractivity contribution in [1.29, 1.82) is 0 Å². The topological polar surface area (TPSA) is 98.8 Å². The molecule has 0 radical (unpaired) electrons. The van der Waals surface area contributed by atoms with Gasteiger partial charge in [-0.25, -0.2) is 0 Å². The van der Waals surface area contributed by atoms with Gasteiger partial charge < -0.3 is 32.1 Å². The van der Waals surface area contributed by atoms with Crippen LogP contribution in [0.4, 0.5) is 13.2 Å². The van der Waals surface area contributed by atoms with E-state index in [4.69, 9.17) is 27.9 Å². The van der Waals surface area contributed by atoms with Crippen LogP contribution in [0.25, 0.3) is 0 Å². The van der Waals surface area contributed by atoms with Crippen LogP contribution in [0, 0.1) is 23.7 Å². The number of allylic oxidation sites excluding steroid dienone is 4. The second-order valence-electron chi connectivity index (χ2n) is 16.9. The summed E-state index contributed by atoms with van der Waals surface area (Å²) in [5, 5.41) is 0. The molecule has 47 heavy (non-hydrogen) atoms. The maximum absolute atomic E-state index is 11.9. The van der Waals surface area contributed by atoms with Crippen molar-refractivity contribution in [1.82, 2.24) is 0 Å². The van der Waals surface area contributed by atoms with Crippen molar-refractivity contribution in [3.8, 4) is 0 Å². The Kier molecular flexibility index (Phi) is 9.11. The Morgan fingerprint density at radius 2 is 1.00 bits per heavy atom. The lowest BCUT2D eigenvalue weighted by molar-refractivity contribution is -0.0523. The van der Waals surface area contributed by atoms with Gasteiger partial charge in [-0.3, -0.25) is 0 Å². The van der Waals surface area contributed by atoms with E-state index in [1.165, 1.54) is 24.4 Å². The average Bonchev–Trinajstić information content (AvgIpc) is 3.58. The van der Waals surface area contributed by atoms with Crippen LogP contribution in [0.1, 0.15) is 109 Å².